The predicted molar refractivity (Wildman–Crippen MR) is 138 cm³/mol. The van der Waals surface area contributed by atoms with Crippen molar-refractivity contribution >= 4 is 18.0 Å². The summed E-state index contributed by atoms with van der Waals surface area (Å²) in [4.78, 5) is 35.2. The van der Waals surface area contributed by atoms with Gasteiger partial charge in [0.05, 0.1) is 6.54 Å². The van der Waals surface area contributed by atoms with Crippen LogP contribution in [0.4, 0.5) is 4.79 Å². The van der Waals surface area contributed by atoms with Crippen LogP contribution >= 0.6 is 0 Å². The van der Waals surface area contributed by atoms with E-state index in [2.05, 4.69) is 10.2 Å². The van der Waals surface area contributed by atoms with Crippen molar-refractivity contribution in [1.29, 1.82) is 0 Å². The van der Waals surface area contributed by atoms with Gasteiger partial charge < -0.3 is 20.3 Å². The fraction of sp³-hybridized carbons (Fsp3) is 0.897. The van der Waals surface area contributed by atoms with Gasteiger partial charge in [-0.05, 0) is 132 Å². The highest BCUT2D eigenvalue weighted by molar-refractivity contribution is 5.76. The van der Waals surface area contributed by atoms with Gasteiger partial charge in [-0.3, -0.25) is 14.5 Å². The summed E-state index contributed by atoms with van der Waals surface area (Å²) in [5.41, 5.74) is -0.595. The number of aliphatic carboxylic acids is 2. The summed E-state index contributed by atoms with van der Waals surface area (Å²) in [7, 11) is 0. The van der Waals surface area contributed by atoms with Crippen LogP contribution in [0.15, 0.2) is 0 Å². The summed E-state index contributed by atoms with van der Waals surface area (Å²) in [6.07, 6.45) is 13.5. The molecule has 3 N–H and O–H groups in total. The first-order valence-corrected chi connectivity index (χ1v) is 14.6. The predicted octanol–water partition coefficient (Wildman–Crippen LogP) is 4.62. The number of carbonyl (C=O) groups is 3. The van der Waals surface area contributed by atoms with Crippen LogP contribution in [0.25, 0.3) is 0 Å². The van der Waals surface area contributed by atoms with Gasteiger partial charge in [0.1, 0.15) is 12.1 Å². The van der Waals surface area contributed by atoms with Crippen molar-refractivity contribution in [2.24, 2.45) is 47.3 Å². The number of hydrogen-bond acceptors (Lipinski definition) is 5. The van der Waals surface area contributed by atoms with E-state index < -0.39 is 30.2 Å². The van der Waals surface area contributed by atoms with Crippen molar-refractivity contribution in [3.63, 3.8) is 0 Å². The van der Waals surface area contributed by atoms with Gasteiger partial charge in [-0.2, -0.15) is 0 Å². The molecule has 8 heteroatoms. The highest BCUT2D eigenvalue weighted by Crippen LogP contribution is 2.59. The van der Waals surface area contributed by atoms with E-state index in [1.807, 2.05) is 0 Å². The summed E-state index contributed by atoms with van der Waals surface area (Å²) in [6, 6.07) is 1.21. The fourth-order valence-corrected chi connectivity index (χ4v) is 9.90. The molecule has 0 aliphatic heterocycles. The molecule has 0 saturated heterocycles. The van der Waals surface area contributed by atoms with Crippen molar-refractivity contribution in [3.05, 3.63) is 0 Å². The van der Waals surface area contributed by atoms with Crippen molar-refractivity contribution in [2.45, 2.75) is 103 Å². The Kier molecular flexibility index (Phi) is 7.51. The summed E-state index contributed by atoms with van der Waals surface area (Å²) < 4.78 is 4.77. The third-order valence-corrected chi connectivity index (χ3v) is 10.2. The van der Waals surface area contributed by atoms with Gasteiger partial charge in [0, 0.05) is 12.1 Å². The van der Waals surface area contributed by atoms with E-state index in [0.29, 0.717) is 18.6 Å². The molecule has 0 heterocycles. The lowest BCUT2D eigenvalue weighted by Gasteiger charge is -2.63. The number of alkyl carbamates (subject to hydrolysis) is 1. The minimum atomic E-state index is -1.10. The molecule has 8 fully saturated rings. The van der Waals surface area contributed by atoms with E-state index in [1.54, 1.807) is 20.8 Å². The van der Waals surface area contributed by atoms with Crippen molar-refractivity contribution in [2.75, 3.05) is 13.1 Å². The van der Waals surface area contributed by atoms with Crippen LogP contribution in [0, 0.1) is 47.3 Å². The zero-order valence-corrected chi connectivity index (χ0v) is 22.7. The summed E-state index contributed by atoms with van der Waals surface area (Å²) >= 11 is 0. The zero-order valence-electron chi connectivity index (χ0n) is 22.7. The Labute approximate surface area is 220 Å². The highest BCUT2D eigenvalue weighted by Gasteiger charge is 2.56. The second-order valence-electron chi connectivity index (χ2n) is 14.2. The lowest BCUT2D eigenvalue weighted by Crippen LogP contribution is -2.65. The topological polar surface area (TPSA) is 116 Å². The molecule has 208 valence electrons. The molecule has 0 spiro atoms. The van der Waals surface area contributed by atoms with E-state index in [1.165, 1.54) is 64.2 Å². The van der Waals surface area contributed by atoms with E-state index >= 15 is 0 Å². The molecule has 0 radical (unpaired) electrons. The van der Waals surface area contributed by atoms with E-state index in [-0.39, 0.29) is 0 Å². The van der Waals surface area contributed by atoms with Crippen LogP contribution in [0.2, 0.25) is 0 Å². The molecule has 8 saturated carbocycles. The number of carboxylic acid groups (broad SMARTS) is 2. The Morgan fingerprint density at radius 3 is 1.38 bits per heavy atom. The number of ether oxygens (including phenoxy) is 1. The monoisotopic (exact) mass is 518 g/mol. The molecule has 8 rings (SSSR count). The van der Waals surface area contributed by atoms with Crippen molar-refractivity contribution < 1.29 is 29.3 Å². The number of carboxylic acids is 2. The minimum absolute atomic E-state index is 0.319. The molecule has 8 bridgehead atoms. The van der Waals surface area contributed by atoms with Gasteiger partial charge in [0.15, 0.2) is 0 Å². The summed E-state index contributed by atoms with van der Waals surface area (Å²) in [6.45, 7) is 5.00. The van der Waals surface area contributed by atoms with Crippen LogP contribution in [0.5, 0.6) is 0 Å². The molecular formula is C29H46N2O6. The van der Waals surface area contributed by atoms with E-state index in [0.717, 1.165) is 47.3 Å². The molecule has 0 aromatic heterocycles. The first-order valence-electron chi connectivity index (χ1n) is 14.6. The highest BCUT2D eigenvalue weighted by atomic mass is 16.6. The maximum Gasteiger partial charge on any atom is 0.408 e. The maximum absolute atomic E-state index is 11.8. The average molecular weight is 519 g/mol. The number of nitrogens with one attached hydrogen (secondary N) is 1. The second-order valence-corrected chi connectivity index (χ2v) is 14.2. The number of rotatable bonds is 6. The van der Waals surface area contributed by atoms with Crippen LogP contribution in [-0.4, -0.2) is 63.9 Å². The number of carbonyl (C=O) groups excluding carboxylic acids is 1. The molecule has 0 atom stereocenters. The Balaban J connectivity index is 0.000000201. The third-order valence-electron chi connectivity index (χ3n) is 10.2. The molecule has 37 heavy (non-hydrogen) atoms. The quantitative estimate of drug-likeness (QED) is 0.470. The number of amides is 1. The molecule has 0 aromatic rings. The maximum atomic E-state index is 11.8. The molecule has 0 aromatic carbocycles. The standard InChI is InChI=1S/C22H33NO2.C7H13NO4/c24-20(25)11-23(21-16-3-12-1-13(5-16)6-17(21)4-12)22-18-7-14-2-15(9-18)10-19(22)8-14;1-7(2,3)12-6(11)8-4-5(9)10/h12-19,21-22H,1-11H2,(H,24,25);4H2,1-3H3,(H,8,11)(H,9,10). The largest absolute Gasteiger partial charge is 0.480 e. The lowest BCUT2D eigenvalue weighted by atomic mass is 9.51. The van der Waals surface area contributed by atoms with Gasteiger partial charge in [-0.1, -0.05) is 0 Å². The van der Waals surface area contributed by atoms with Crippen LogP contribution in [-0.2, 0) is 14.3 Å². The Hall–Kier alpha value is -1.83. The van der Waals surface area contributed by atoms with Crippen molar-refractivity contribution in [1.82, 2.24) is 10.2 Å². The molecule has 1 amide bonds. The van der Waals surface area contributed by atoms with Gasteiger partial charge in [0.25, 0.3) is 0 Å². The van der Waals surface area contributed by atoms with Crippen LogP contribution < -0.4 is 5.32 Å². The molecular weight excluding hydrogens is 472 g/mol. The first-order chi connectivity index (χ1) is 17.4. The van der Waals surface area contributed by atoms with Crippen molar-refractivity contribution in [3.8, 4) is 0 Å². The summed E-state index contributed by atoms with van der Waals surface area (Å²) in [5.74, 6) is 5.48. The molecule has 8 aliphatic carbocycles. The van der Waals surface area contributed by atoms with Gasteiger partial charge in [0.2, 0.25) is 0 Å². The van der Waals surface area contributed by atoms with Crippen LogP contribution in [0.3, 0.4) is 0 Å². The Morgan fingerprint density at radius 1 is 0.703 bits per heavy atom. The number of nitrogens with zero attached hydrogens (tertiary/aromatic N) is 1. The molecule has 0 unspecified atom stereocenters. The second kappa shape index (κ2) is 10.4. The zero-order chi connectivity index (χ0) is 26.5. The van der Waals surface area contributed by atoms with E-state index in [9.17, 15) is 19.5 Å². The molecule has 8 aliphatic rings. The van der Waals surface area contributed by atoms with Crippen LogP contribution in [0.1, 0.15) is 85.0 Å². The van der Waals surface area contributed by atoms with Gasteiger partial charge in [-0.25, -0.2) is 4.79 Å². The van der Waals surface area contributed by atoms with E-state index in [4.69, 9.17) is 9.84 Å². The normalized spacial score (nSPS) is 40.8. The minimum Gasteiger partial charge on any atom is -0.480 e. The van der Waals surface area contributed by atoms with Gasteiger partial charge >= 0.3 is 18.0 Å². The summed E-state index contributed by atoms with van der Waals surface area (Å²) in [5, 5.41) is 20.0. The smallest absolute Gasteiger partial charge is 0.408 e. The SMILES string of the molecule is CC(C)(C)OC(=O)NCC(=O)O.O=C(O)CN(C1C2CC3CC(C2)CC1C3)C1C2CC3CC(C2)CC1C3. The third kappa shape index (κ3) is 6.10. The molecule has 8 nitrogen and oxygen atoms in total. The van der Waals surface area contributed by atoms with Gasteiger partial charge in [-0.15, -0.1) is 0 Å². The average Bonchev–Trinajstić information content (AvgIpc) is 2.75. The Bertz CT molecular complexity index is 784. The fourth-order valence-electron chi connectivity index (χ4n) is 9.90. The number of hydrogen-bond donors (Lipinski definition) is 3. The first kappa shape index (κ1) is 26.8. The Morgan fingerprint density at radius 2 is 1.08 bits per heavy atom. The lowest BCUT2D eigenvalue weighted by molar-refractivity contribution is -0.156.